The zero-order valence-corrected chi connectivity index (χ0v) is 15.9. The molecule has 1 atom stereocenters. The van der Waals surface area contributed by atoms with E-state index in [9.17, 15) is 4.79 Å². The van der Waals surface area contributed by atoms with Gasteiger partial charge >= 0.3 is 0 Å². The van der Waals surface area contributed by atoms with Gasteiger partial charge in [-0.2, -0.15) is 0 Å². The van der Waals surface area contributed by atoms with Crippen molar-refractivity contribution >= 4 is 5.91 Å². The van der Waals surface area contributed by atoms with Crippen molar-refractivity contribution in [1.29, 1.82) is 0 Å². The number of piperidine rings is 1. The molecule has 3 nitrogen and oxygen atoms in total. The highest BCUT2D eigenvalue weighted by atomic mass is 16.1. The standard InChI is InChI=1S/C23H32N2O/c26-22(24-15-17-5-6-17)13-19-14-23(21-4-2-1-3-20(19)21)9-11-25(12-10-23)16-18-7-8-18/h1-4,17-19H,5-16H2,(H,24,26)/t19-/m0/s1. The van der Waals surface area contributed by atoms with Gasteiger partial charge in [0.15, 0.2) is 0 Å². The Kier molecular flexibility index (Phi) is 4.31. The number of likely N-dealkylation sites (tertiary alicyclic amines) is 1. The van der Waals surface area contributed by atoms with Crippen molar-refractivity contribution in [1.82, 2.24) is 10.2 Å². The zero-order chi connectivity index (χ0) is 17.6. The Morgan fingerprint density at radius 2 is 1.81 bits per heavy atom. The van der Waals surface area contributed by atoms with E-state index in [2.05, 4.69) is 34.5 Å². The molecule has 1 saturated heterocycles. The van der Waals surface area contributed by atoms with Crippen LogP contribution in [0.3, 0.4) is 0 Å². The van der Waals surface area contributed by atoms with Gasteiger partial charge in [-0.05, 0) is 92.3 Å². The summed E-state index contributed by atoms with van der Waals surface area (Å²) in [4.78, 5) is 15.2. The van der Waals surface area contributed by atoms with E-state index in [0.29, 0.717) is 17.8 Å². The van der Waals surface area contributed by atoms with Gasteiger partial charge in [-0.15, -0.1) is 0 Å². The second-order valence-corrected chi connectivity index (χ2v) is 9.46. The SMILES string of the molecule is O=C(C[C@H]1CC2(CCN(CC3CC3)CC2)c2ccccc21)NCC1CC1. The first kappa shape index (κ1) is 16.8. The zero-order valence-electron chi connectivity index (χ0n) is 15.9. The van der Waals surface area contributed by atoms with Gasteiger partial charge in [0.25, 0.3) is 0 Å². The summed E-state index contributed by atoms with van der Waals surface area (Å²) in [5.41, 5.74) is 3.36. The van der Waals surface area contributed by atoms with Gasteiger partial charge in [0.1, 0.15) is 0 Å². The van der Waals surface area contributed by atoms with Crippen molar-refractivity contribution in [3.05, 3.63) is 35.4 Å². The summed E-state index contributed by atoms with van der Waals surface area (Å²) in [6.45, 7) is 4.70. The van der Waals surface area contributed by atoms with Gasteiger partial charge in [0.2, 0.25) is 5.91 Å². The van der Waals surface area contributed by atoms with Crippen LogP contribution in [0.4, 0.5) is 0 Å². The summed E-state index contributed by atoms with van der Waals surface area (Å²) in [6, 6.07) is 9.01. The van der Waals surface area contributed by atoms with Crippen LogP contribution in [0.5, 0.6) is 0 Å². The summed E-state index contributed by atoms with van der Waals surface area (Å²) < 4.78 is 0. The number of amides is 1. The van der Waals surface area contributed by atoms with E-state index in [1.807, 2.05) is 0 Å². The molecule has 3 fully saturated rings. The van der Waals surface area contributed by atoms with Crippen LogP contribution in [-0.4, -0.2) is 37.0 Å². The Balaban J connectivity index is 1.26. The predicted molar refractivity (Wildman–Crippen MR) is 104 cm³/mol. The van der Waals surface area contributed by atoms with Crippen molar-refractivity contribution in [2.75, 3.05) is 26.2 Å². The fourth-order valence-corrected chi connectivity index (χ4v) is 5.39. The molecule has 1 heterocycles. The molecular weight excluding hydrogens is 320 g/mol. The lowest BCUT2D eigenvalue weighted by atomic mass is 9.73. The Morgan fingerprint density at radius 1 is 1.08 bits per heavy atom. The van der Waals surface area contributed by atoms with Crippen LogP contribution in [0.1, 0.15) is 68.4 Å². The lowest BCUT2D eigenvalue weighted by Gasteiger charge is -2.40. The predicted octanol–water partition coefficient (Wildman–Crippen LogP) is 3.83. The fourth-order valence-electron chi connectivity index (χ4n) is 5.39. The summed E-state index contributed by atoms with van der Waals surface area (Å²) in [5, 5.41) is 3.18. The number of nitrogens with one attached hydrogen (secondary N) is 1. The number of fused-ring (bicyclic) bond motifs is 2. The molecule has 1 aromatic rings. The van der Waals surface area contributed by atoms with Crippen LogP contribution in [0.2, 0.25) is 0 Å². The van der Waals surface area contributed by atoms with Gasteiger partial charge in [0, 0.05) is 19.5 Å². The maximum atomic E-state index is 12.5. The maximum Gasteiger partial charge on any atom is 0.220 e. The maximum absolute atomic E-state index is 12.5. The first-order chi connectivity index (χ1) is 12.7. The molecule has 1 aromatic carbocycles. The molecule has 0 aromatic heterocycles. The van der Waals surface area contributed by atoms with Crippen molar-refractivity contribution in [2.45, 2.75) is 62.7 Å². The number of carbonyl (C=O) groups is 1. The Morgan fingerprint density at radius 3 is 2.54 bits per heavy atom. The fraction of sp³-hybridized carbons (Fsp3) is 0.696. The molecule has 3 heteroatoms. The largest absolute Gasteiger partial charge is 0.356 e. The highest BCUT2D eigenvalue weighted by Crippen LogP contribution is 2.52. The average Bonchev–Trinajstić information content (AvgIpc) is 3.57. The van der Waals surface area contributed by atoms with E-state index < -0.39 is 0 Å². The minimum Gasteiger partial charge on any atom is -0.356 e. The molecule has 0 unspecified atom stereocenters. The van der Waals surface area contributed by atoms with Crippen LogP contribution in [0.15, 0.2) is 24.3 Å². The van der Waals surface area contributed by atoms with Crippen LogP contribution in [0, 0.1) is 11.8 Å². The van der Waals surface area contributed by atoms with E-state index >= 15 is 0 Å². The van der Waals surface area contributed by atoms with Gasteiger partial charge < -0.3 is 10.2 Å². The molecule has 140 valence electrons. The number of nitrogens with zero attached hydrogens (tertiary/aromatic N) is 1. The molecule has 3 aliphatic carbocycles. The van der Waals surface area contributed by atoms with E-state index in [0.717, 1.165) is 18.4 Å². The van der Waals surface area contributed by atoms with Crippen molar-refractivity contribution < 1.29 is 4.79 Å². The molecule has 1 aliphatic heterocycles. The third-order valence-electron chi connectivity index (χ3n) is 7.35. The number of carbonyl (C=O) groups excluding carboxylic acids is 1. The molecule has 0 radical (unpaired) electrons. The van der Waals surface area contributed by atoms with Gasteiger partial charge in [0.05, 0.1) is 0 Å². The van der Waals surface area contributed by atoms with Gasteiger partial charge in [-0.3, -0.25) is 4.79 Å². The number of rotatable bonds is 6. The van der Waals surface area contributed by atoms with E-state index in [4.69, 9.17) is 0 Å². The summed E-state index contributed by atoms with van der Waals surface area (Å²) >= 11 is 0. The summed E-state index contributed by atoms with van der Waals surface area (Å²) in [7, 11) is 0. The van der Waals surface area contributed by atoms with Crippen LogP contribution in [-0.2, 0) is 10.2 Å². The molecule has 5 rings (SSSR count). The molecule has 4 aliphatic rings. The summed E-state index contributed by atoms with van der Waals surface area (Å²) in [6.07, 6.45) is 9.90. The van der Waals surface area contributed by atoms with Gasteiger partial charge in [-0.25, -0.2) is 0 Å². The first-order valence-corrected chi connectivity index (χ1v) is 10.8. The Hall–Kier alpha value is -1.35. The second-order valence-electron chi connectivity index (χ2n) is 9.46. The number of hydrogen-bond donors (Lipinski definition) is 1. The quantitative estimate of drug-likeness (QED) is 0.844. The lowest BCUT2D eigenvalue weighted by molar-refractivity contribution is -0.121. The van der Waals surface area contributed by atoms with Gasteiger partial charge in [-0.1, -0.05) is 24.3 Å². The third-order valence-corrected chi connectivity index (χ3v) is 7.35. The topological polar surface area (TPSA) is 32.3 Å². The van der Waals surface area contributed by atoms with E-state index in [1.54, 1.807) is 5.56 Å². The van der Waals surface area contributed by atoms with Crippen molar-refractivity contribution in [3.8, 4) is 0 Å². The second kappa shape index (κ2) is 6.67. The highest BCUT2D eigenvalue weighted by molar-refractivity contribution is 5.77. The monoisotopic (exact) mass is 352 g/mol. The van der Waals surface area contributed by atoms with Crippen LogP contribution in [0.25, 0.3) is 0 Å². The van der Waals surface area contributed by atoms with E-state index in [1.165, 1.54) is 70.1 Å². The Bertz CT molecular complexity index is 669. The minimum absolute atomic E-state index is 0.264. The molecule has 2 saturated carbocycles. The normalized spacial score (nSPS) is 27.5. The molecule has 1 spiro atoms. The number of hydrogen-bond acceptors (Lipinski definition) is 2. The molecular formula is C23H32N2O. The van der Waals surface area contributed by atoms with Crippen molar-refractivity contribution in [3.63, 3.8) is 0 Å². The lowest BCUT2D eigenvalue weighted by Crippen LogP contribution is -2.42. The summed E-state index contributed by atoms with van der Waals surface area (Å²) in [5.74, 6) is 2.43. The van der Waals surface area contributed by atoms with Crippen molar-refractivity contribution in [2.24, 2.45) is 11.8 Å². The van der Waals surface area contributed by atoms with E-state index in [-0.39, 0.29) is 5.91 Å². The minimum atomic E-state index is 0.264. The average molecular weight is 353 g/mol. The van der Waals surface area contributed by atoms with Crippen LogP contribution < -0.4 is 5.32 Å². The number of benzene rings is 1. The van der Waals surface area contributed by atoms with Crippen LogP contribution >= 0.6 is 0 Å². The smallest absolute Gasteiger partial charge is 0.220 e. The third kappa shape index (κ3) is 3.43. The first-order valence-electron chi connectivity index (χ1n) is 10.8. The molecule has 0 bridgehead atoms. The highest BCUT2D eigenvalue weighted by Gasteiger charge is 2.45. The molecule has 26 heavy (non-hydrogen) atoms. The molecule has 1 N–H and O–H groups in total. The Labute approximate surface area is 157 Å². The molecule has 1 amide bonds.